The van der Waals surface area contributed by atoms with Crippen molar-refractivity contribution < 1.29 is 4.52 Å². The molecule has 3 rings (SSSR count). The van der Waals surface area contributed by atoms with Crippen molar-refractivity contribution in [3.8, 4) is 11.4 Å². The highest BCUT2D eigenvalue weighted by Crippen LogP contribution is 2.30. The van der Waals surface area contributed by atoms with Gasteiger partial charge in [0.15, 0.2) is 0 Å². The molecule has 2 aromatic rings. The molecule has 108 valence electrons. The SMILES string of the molecule is CCc1ccc(-c2noc(C3(C)CCNC3)n2)cc1.Cl. The molecule has 1 saturated heterocycles. The van der Waals surface area contributed by atoms with Gasteiger partial charge in [-0.2, -0.15) is 4.98 Å². The van der Waals surface area contributed by atoms with Crippen LogP contribution in [0.2, 0.25) is 0 Å². The number of benzene rings is 1. The average molecular weight is 294 g/mol. The van der Waals surface area contributed by atoms with E-state index in [-0.39, 0.29) is 17.8 Å². The van der Waals surface area contributed by atoms with Gasteiger partial charge in [0.1, 0.15) is 0 Å². The first-order valence-corrected chi connectivity index (χ1v) is 6.85. The van der Waals surface area contributed by atoms with Crippen molar-refractivity contribution in [2.75, 3.05) is 13.1 Å². The number of hydrogen-bond acceptors (Lipinski definition) is 4. The molecular weight excluding hydrogens is 274 g/mol. The highest BCUT2D eigenvalue weighted by molar-refractivity contribution is 5.85. The molecule has 1 unspecified atom stereocenters. The molecule has 0 aliphatic carbocycles. The molecule has 1 aromatic carbocycles. The Labute approximate surface area is 125 Å². The first-order valence-electron chi connectivity index (χ1n) is 6.85. The molecule has 1 aliphatic heterocycles. The summed E-state index contributed by atoms with van der Waals surface area (Å²) in [6.45, 7) is 6.24. The Morgan fingerprint density at radius 1 is 1.30 bits per heavy atom. The first kappa shape index (κ1) is 15.0. The van der Waals surface area contributed by atoms with Crippen LogP contribution in [-0.2, 0) is 11.8 Å². The molecular formula is C15H20ClN3O. The Morgan fingerprint density at radius 3 is 2.65 bits per heavy atom. The highest BCUT2D eigenvalue weighted by Gasteiger charge is 2.36. The Kier molecular flexibility index (Phi) is 4.45. The molecule has 1 atom stereocenters. The van der Waals surface area contributed by atoms with Gasteiger partial charge in [-0.3, -0.25) is 0 Å². The van der Waals surface area contributed by atoms with Crippen LogP contribution in [0.15, 0.2) is 28.8 Å². The molecule has 2 heterocycles. The normalized spacial score (nSPS) is 21.7. The largest absolute Gasteiger partial charge is 0.338 e. The molecule has 4 nitrogen and oxygen atoms in total. The van der Waals surface area contributed by atoms with Gasteiger partial charge in [0.25, 0.3) is 0 Å². The molecule has 1 N–H and O–H groups in total. The summed E-state index contributed by atoms with van der Waals surface area (Å²) in [5.74, 6) is 1.43. The third-order valence-electron chi connectivity index (χ3n) is 3.93. The summed E-state index contributed by atoms with van der Waals surface area (Å²) < 4.78 is 5.46. The van der Waals surface area contributed by atoms with Crippen LogP contribution in [-0.4, -0.2) is 23.2 Å². The predicted molar refractivity (Wildman–Crippen MR) is 81.2 cm³/mol. The molecule has 0 bridgehead atoms. The van der Waals surface area contributed by atoms with Crippen molar-refractivity contribution in [3.63, 3.8) is 0 Å². The maximum Gasteiger partial charge on any atom is 0.234 e. The van der Waals surface area contributed by atoms with Crippen LogP contribution in [0.1, 0.15) is 31.7 Å². The van der Waals surface area contributed by atoms with Crippen LogP contribution in [0.4, 0.5) is 0 Å². The van der Waals surface area contributed by atoms with E-state index in [0.29, 0.717) is 5.82 Å². The smallest absolute Gasteiger partial charge is 0.234 e. The lowest BCUT2D eigenvalue weighted by molar-refractivity contribution is 0.306. The molecule has 20 heavy (non-hydrogen) atoms. The maximum atomic E-state index is 5.46. The Morgan fingerprint density at radius 2 is 2.05 bits per heavy atom. The van der Waals surface area contributed by atoms with Gasteiger partial charge in [0, 0.05) is 12.1 Å². The lowest BCUT2D eigenvalue weighted by atomic mass is 9.90. The fourth-order valence-electron chi connectivity index (χ4n) is 2.47. The zero-order valence-electron chi connectivity index (χ0n) is 11.8. The Balaban J connectivity index is 0.00000147. The fourth-order valence-corrected chi connectivity index (χ4v) is 2.47. The molecule has 0 spiro atoms. The van der Waals surface area contributed by atoms with Crippen molar-refractivity contribution in [1.82, 2.24) is 15.5 Å². The van der Waals surface area contributed by atoms with Crippen molar-refractivity contribution in [3.05, 3.63) is 35.7 Å². The number of hydrogen-bond donors (Lipinski definition) is 1. The van der Waals surface area contributed by atoms with E-state index in [4.69, 9.17) is 4.52 Å². The third kappa shape index (κ3) is 2.72. The summed E-state index contributed by atoms with van der Waals surface area (Å²) in [5, 5.41) is 7.47. The minimum atomic E-state index is -0.0192. The quantitative estimate of drug-likeness (QED) is 0.945. The van der Waals surface area contributed by atoms with Crippen LogP contribution in [0, 0.1) is 0 Å². The predicted octanol–water partition coefficient (Wildman–Crippen LogP) is 2.97. The number of nitrogens with zero attached hydrogens (tertiary/aromatic N) is 2. The van der Waals surface area contributed by atoms with E-state index in [2.05, 4.69) is 53.6 Å². The minimum absolute atomic E-state index is 0. The lowest BCUT2D eigenvalue weighted by Gasteiger charge is -2.15. The topological polar surface area (TPSA) is 51.0 Å². The summed E-state index contributed by atoms with van der Waals surface area (Å²) in [7, 11) is 0. The Hall–Kier alpha value is -1.39. The molecule has 0 radical (unpaired) electrons. The zero-order valence-corrected chi connectivity index (χ0v) is 12.7. The van der Waals surface area contributed by atoms with Crippen LogP contribution in [0.5, 0.6) is 0 Å². The van der Waals surface area contributed by atoms with E-state index in [1.807, 2.05) is 0 Å². The third-order valence-corrected chi connectivity index (χ3v) is 3.93. The van der Waals surface area contributed by atoms with Crippen LogP contribution in [0.3, 0.4) is 0 Å². The molecule has 0 saturated carbocycles. The van der Waals surface area contributed by atoms with Crippen LogP contribution in [0.25, 0.3) is 11.4 Å². The molecule has 1 fully saturated rings. The minimum Gasteiger partial charge on any atom is -0.338 e. The van der Waals surface area contributed by atoms with Crippen molar-refractivity contribution >= 4 is 12.4 Å². The van der Waals surface area contributed by atoms with Crippen molar-refractivity contribution in [2.45, 2.75) is 32.1 Å². The van der Waals surface area contributed by atoms with Crippen molar-refractivity contribution in [1.29, 1.82) is 0 Å². The van der Waals surface area contributed by atoms with E-state index in [1.165, 1.54) is 5.56 Å². The second kappa shape index (κ2) is 5.94. The van der Waals surface area contributed by atoms with Gasteiger partial charge >= 0.3 is 0 Å². The van der Waals surface area contributed by atoms with Crippen molar-refractivity contribution in [2.24, 2.45) is 0 Å². The van der Waals surface area contributed by atoms with Gasteiger partial charge in [-0.05, 0) is 31.9 Å². The molecule has 5 heteroatoms. The zero-order chi connectivity index (χ0) is 13.3. The summed E-state index contributed by atoms with van der Waals surface area (Å²) >= 11 is 0. The number of halogens is 1. The lowest BCUT2D eigenvalue weighted by Crippen LogP contribution is -2.25. The fraction of sp³-hybridized carbons (Fsp3) is 0.467. The van der Waals surface area contributed by atoms with Gasteiger partial charge in [-0.25, -0.2) is 0 Å². The van der Waals surface area contributed by atoms with E-state index in [9.17, 15) is 0 Å². The number of nitrogens with one attached hydrogen (secondary N) is 1. The number of aromatic nitrogens is 2. The van der Waals surface area contributed by atoms with Crippen LogP contribution >= 0.6 is 12.4 Å². The van der Waals surface area contributed by atoms with Gasteiger partial charge in [-0.1, -0.05) is 36.3 Å². The summed E-state index contributed by atoms with van der Waals surface area (Å²) in [6.07, 6.45) is 2.09. The summed E-state index contributed by atoms with van der Waals surface area (Å²) in [4.78, 5) is 4.57. The van der Waals surface area contributed by atoms with E-state index >= 15 is 0 Å². The highest BCUT2D eigenvalue weighted by atomic mass is 35.5. The summed E-state index contributed by atoms with van der Waals surface area (Å²) in [6, 6.07) is 8.35. The van der Waals surface area contributed by atoms with E-state index in [1.54, 1.807) is 0 Å². The van der Waals surface area contributed by atoms with Gasteiger partial charge in [0.2, 0.25) is 11.7 Å². The number of rotatable bonds is 3. The van der Waals surface area contributed by atoms with Gasteiger partial charge in [0.05, 0.1) is 5.41 Å². The average Bonchev–Trinajstić information content (AvgIpc) is 3.08. The number of aryl methyl sites for hydroxylation is 1. The van der Waals surface area contributed by atoms with Gasteiger partial charge < -0.3 is 9.84 Å². The van der Waals surface area contributed by atoms with E-state index in [0.717, 1.165) is 37.4 Å². The molecule has 1 aliphatic rings. The standard InChI is InChI=1S/C15H19N3O.ClH/c1-3-11-4-6-12(7-5-11)13-17-14(19-18-13)15(2)8-9-16-10-15;/h4-7,16H,3,8-10H2,1-2H3;1H. The Bertz CT molecular complexity index is 559. The molecule has 1 aromatic heterocycles. The monoisotopic (exact) mass is 293 g/mol. The maximum absolute atomic E-state index is 5.46. The summed E-state index contributed by atoms with van der Waals surface area (Å²) in [5.41, 5.74) is 2.32. The first-order chi connectivity index (χ1) is 9.21. The molecule has 0 amide bonds. The second-order valence-corrected chi connectivity index (χ2v) is 5.46. The van der Waals surface area contributed by atoms with Crippen LogP contribution < -0.4 is 5.32 Å². The van der Waals surface area contributed by atoms with E-state index < -0.39 is 0 Å². The second-order valence-electron chi connectivity index (χ2n) is 5.46. The van der Waals surface area contributed by atoms with Gasteiger partial charge in [-0.15, -0.1) is 12.4 Å².